The molecule has 0 fully saturated rings. The lowest BCUT2D eigenvalue weighted by Crippen LogP contribution is -2.38. The maximum atomic E-state index is 12.8. The number of halogens is 2. The average molecular weight is 565 g/mol. The Bertz CT molecular complexity index is 1450. The number of nitrogens with zero attached hydrogens (tertiary/aromatic N) is 4. The first kappa shape index (κ1) is 31.2. The first-order valence-electron chi connectivity index (χ1n) is 13.7. The number of aromatic nitrogens is 3. The van der Waals surface area contributed by atoms with E-state index < -0.39 is 6.43 Å². The Morgan fingerprint density at radius 1 is 1.02 bits per heavy atom. The maximum absolute atomic E-state index is 12.8. The van der Waals surface area contributed by atoms with E-state index in [4.69, 9.17) is 0 Å². The molecule has 0 aliphatic carbocycles. The van der Waals surface area contributed by atoms with Gasteiger partial charge in [-0.2, -0.15) is 0 Å². The van der Waals surface area contributed by atoms with Gasteiger partial charge >= 0.3 is 0 Å². The van der Waals surface area contributed by atoms with Gasteiger partial charge in [-0.3, -0.25) is 14.0 Å². The molecule has 0 aliphatic heterocycles. The highest BCUT2D eigenvalue weighted by Gasteiger charge is 2.14. The van der Waals surface area contributed by atoms with Gasteiger partial charge in [0.1, 0.15) is 0 Å². The number of hydrogen-bond donors (Lipinski definition) is 2. The highest BCUT2D eigenvalue weighted by Crippen LogP contribution is 2.26. The Morgan fingerprint density at radius 3 is 2.37 bits per heavy atom. The first-order chi connectivity index (χ1) is 19.6. The minimum absolute atomic E-state index is 0.106. The number of alkyl halides is 2. The molecule has 4 aromatic rings. The van der Waals surface area contributed by atoms with Crippen molar-refractivity contribution in [2.45, 2.75) is 53.9 Å². The molecule has 2 N–H and O–H groups in total. The Hall–Kier alpha value is -4.34. The number of benzene rings is 2. The fourth-order valence-corrected chi connectivity index (χ4v) is 4.33. The third-order valence-electron chi connectivity index (χ3n) is 6.33. The van der Waals surface area contributed by atoms with Crippen LogP contribution in [0.3, 0.4) is 0 Å². The van der Waals surface area contributed by atoms with E-state index in [0.29, 0.717) is 37.4 Å². The van der Waals surface area contributed by atoms with Gasteiger partial charge in [0.15, 0.2) is 11.5 Å². The van der Waals surface area contributed by atoms with Crippen LogP contribution in [0.5, 0.6) is 0 Å². The molecule has 2 amide bonds. The Kier molecular flexibility index (Phi) is 11.3. The van der Waals surface area contributed by atoms with Crippen LogP contribution in [0.2, 0.25) is 0 Å². The van der Waals surface area contributed by atoms with Crippen molar-refractivity contribution in [1.82, 2.24) is 24.6 Å². The van der Waals surface area contributed by atoms with Crippen molar-refractivity contribution >= 4 is 29.0 Å². The van der Waals surface area contributed by atoms with Crippen molar-refractivity contribution in [2.24, 2.45) is 0 Å². The second-order valence-corrected chi connectivity index (χ2v) is 9.64. The number of aryl methyl sites for hydroxylation is 2. The normalized spacial score (nSPS) is 10.7. The molecule has 10 heteroatoms. The quantitative estimate of drug-likeness (QED) is 0.232. The van der Waals surface area contributed by atoms with Gasteiger partial charge in [-0.15, -0.1) is 0 Å². The van der Waals surface area contributed by atoms with Crippen LogP contribution in [0.4, 0.5) is 20.3 Å². The van der Waals surface area contributed by atoms with Crippen LogP contribution in [-0.2, 0) is 4.79 Å². The second-order valence-electron chi connectivity index (χ2n) is 9.64. The van der Waals surface area contributed by atoms with E-state index in [1.807, 2.05) is 49.7 Å². The number of carbonyl (C=O) groups excluding carboxylic acids is 2. The third-order valence-corrected chi connectivity index (χ3v) is 6.33. The van der Waals surface area contributed by atoms with Crippen LogP contribution in [0.25, 0.3) is 16.9 Å². The number of nitrogens with one attached hydrogen (secondary N) is 2. The number of anilines is 2. The molecule has 0 saturated carbocycles. The summed E-state index contributed by atoms with van der Waals surface area (Å²) in [7, 11) is 0. The van der Waals surface area contributed by atoms with Gasteiger partial charge in [-0.1, -0.05) is 43.7 Å². The van der Waals surface area contributed by atoms with Crippen LogP contribution < -0.4 is 10.6 Å². The summed E-state index contributed by atoms with van der Waals surface area (Å²) in [6, 6.07) is 13.9. The number of amides is 2. The standard InChI is InChI=1S/C29H34N6O2.C2H4F2/c1-5-15-34(26(36)6-2)16-13-31-29(37)24-12-11-23(18-21(24)4)33-27-28-32-19-25(35(28)17-14-30-27)22-9-7-20(3)8-10-22;1-2(3)4/h7-12,14,17-19H,5-6,13,15-16H2,1-4H3,(H,30,33)(H,31,37);2H,1H3. The Morgan fingerprint density at radius 2 is 1.73 bits per heavy atom. The van der Waals surface area contributed by atoms with Crippen LogP contribution in [0.1, 0.15) is 55.1 Å². The Labute approximate surface area is 239 Å². The minimum Gasteiger partial charge on any atom is -0.350 e. The zero-order chi connectivity index (χ0) is 29.9. The second kappa shape index (κ2) is 14.9. The average Bonchev–Trinajstić information content (AvgIpc) is 3.37. The number of hydrogen-bond acceptors (Lipinski definition) is 5. The van der Waals surface area contributed by atoms with Gasteiger partial charge in [0.25, 0.3) is 5.91 Å². The van der Waals surface area contributed by atoms with E-state index in [0.717, 1.165) is 41.5 Å². The molecule has 2 aromatic heterocycles. The highest BCUT2D eigenvalue weighted by molar-refractivity contribution is 5.96. The van der Waals surface area contributed by atoms with Crippen molar-refractivity contribution in [3.05, 3.63) is 77.7 Å². The van der Waals surface area contributed by atoms with Crippen molar-refractivity contribution in [1.29, 1.82) is 0 Å². The lowest BCUT2D eigenvalue weighted by molar-refractivity contribution is -0.130. The van der Waals surface area contributed by atoms with Crippen LogP contribution in [0.15, 0.2) is 61.1 Å². The van der Waals surface area contributed by atoms with E-state index in [1.165, 1.54) is 5.56 Å². The molecule has 0 atom stereocenters. The van der Waals surface area contributed by atoms with Gasteiger partial charge in [-0.05, 0) is 51.0 Å². The molecule has 2 heterocycles. The predicted octanol–water partition coefficient (Wildman–Crippen LogP) is 6.41. The van der Waals surface area contributed by atoms with Crippen LogP contribution >= 0.6 is 0 Å². The molecule has 0 radical (unpaired) electrons. The Balaban J connectivity index is 0.00000108. The van der Waals surface area contributed by atoms with Gasteiger partial charge in [-0.25, -0.2) is 18.7 Å². The summed E-state index contributed by atoms with van der Waals surface area (Å²) < 4.78 is 22.7. The van der Waals surface area contributed by atoms with Crippen LogP contribution in [0, 0.1) is 13.8 Å². The number of carbonyl (C=O) groups is 2. The molecule has 4 rings (SSSR count). The van der Waals surface area contributed by atoms with Crippen molar-refractivity contribution in [3.8, 4) is 11.3 Å². The smallest absolute Gasteiger partial charge is 0.251 e. The van der Waals surface area contributed by atoms with Gasteiger partial charge < -0.3 is 15.5 Å². The van der Waals surface area contributed by atoms with E-state index in [9.17, 15) is 18.4 Å². The molecule has 8 nitrogen and oxygen atoms in total. The number of fused-ring (bicyclic) bond motifs is 1. The lowest BCUT2D eigenvalue weighted by Gasteiger charge is -2.21. The molecule has 0 aliphatic rings. The minimum atomic E-state index is -2.17. The molecule has 0 unspecified atom stereocenters. The number of rotatable bonds is 10. The summed E-state index contributed by atoms with van der Waals surface area (Å²) in [6.07, 6.45) is 4.69. The summed E-state index contributed by atoms with van der Waals surface area (Å²) in [5.41, 5.74) is 6.25. The zero-order valence-electron chi connectivity index (χ0n) is 24.2. The molecule has 41 heavy (non-hydrogen) atoms. The van der Waals surface area contributed by atoms with Gasteiger partial charge in [0, 0.05) is 55.3 Å². The third kappa shape index (κ3) is 8.57. The van der Waals surface area contributed by atoms with Crippen molar-refractivity contribution in [3.63, 3.8) is 0 Å². The molecule has 0 bridgehead atoms. The van der Waals surface area contributed by atoms with Crippen molar-refractivity contribution in [2.75, 3.05) is 25.0 Å². The fourth-order valence-electron chi connectivity index (χ4n) is 4.33. The van der Waals surface area contributed by atoms with Gasteiger partial charge in [0.05, 0.1) is 11.9 Å². The zero-order valence-corrected chi connectivity index (χ0v) is 24.2. The SMILES string of the molecule is CC(F)F.CCCN(CCNC(=O)c1ccc(Nc2nccn3c(-c4ccc(C)cc4)cnc23)cc1C)C(=O)CC. The summed E-state index contributed by atoms with van der Waals surface area (Å²) >= 11 is 0. The van der Waals surface area contributed by atoms with E-state index in [-0.39, 0.29) is 11.8 Å². The molecule has 0 saturated heterocycles. The molecule has 0 spiro atoms. The number of imidazole rings is 1. The monoisotopic (exact) mass is 564 g/mol. The lowest BCUT2D eigenvalue weighted by atomic mass is 10.1. The molecule has 218 valence electrons. The highest BCUT2D eigenvalue weighted by atomic mass is 19.3. The van der Waals surface area contributed by atoms with E-state index >= 15 is 0 Å². The molecular formula is C31H38F2N6O2. The van der Waals surface area contributed by atoms with Crippen LogP contribution in [-0.4, -0.2) is 57.1 Å². The first-order valence-corrected chi connectivity index (χ1v) is 13.7. The summed E-state index contributed by atoms with van der Waals surface area (Å²) in [5.74, 6) is 0.588. The topological polar surface area (TPSA) is 91.6 Å². The summed E-state index contributed by atoms with van der Waals surface area (Å²) in [6.45, 7) is 10.3. The van der Waals surface area contributed by atoms with E-state index in [2.05, 4.69) is 51.8 Å². The van der Waals surface area contributed by atoms with Gasteiger partial charge in [0.2, 0.25) is 12.3 Å². The summed E-state index contributed by atoms with van der Waals surface area (Å²) in [5, 5.41) is 6.29. The molecule has 2 aromatic carbocycles. The van der Waals surface area contributed by atoms with E-state index in [1.54, 1.807) is 17.2 Å². The largest absolute Gasteiger partial charge is 0.350 e. The molecular weight excluding hydrogens is 526 g/mol. The van der Waals surface area contributed by atoms with Crippen molar-refractivity contribution < 1.29 is 18.4 Å². The predicted molar refractivity (Wildman–Crippen MR) is 159 cm³/mol. The summed E-state index contributed by atoms with van der Waals surface area (Å²) in [4.78, 5) is 35.7. The fraction of sp³-hybridized carbons (Fsp3) is 0.355. The maximum Gasteiger partial charge on any atom is 0.251 e.